The van der Waals surface area contributed by atoms with E-state index in [0.717, 1.165) is 17.8 Å². The van der Waals surface area contributed by atoms with Crippen molar-refractivity contribution >= 4 is 12.3 Å². The number of hydrogen-bond donors (Lipinski definition) is 1. The van der Waals surface area contributed by atoms with Gasteiger partial charge in [-0.05, 0) is 0 Å². The molecule has 5 nitrogen and oxygen atoms in total. The molecule has 1 atom stereocenters. The molecule has 0 saturated carbocycles. The van der Waals surface area contributed by atoms with Gasteiger partial charge in [-0.3, -0.25) is 4.90 Å². The van der Waals surface area contributed by atoms with Crippen LogP contribution in [0.5, 0.6) is 0 Å². The smallest absolute Gasteiger partial charge is 0.412 e. The first-order chi connectivity index (χ1) is 6.27. The fraction of sp³-hybridized carbons (Fsp3) is 0.250. The van der Waals surface area contributed by atoms with Gasteiger partial charge in [0.2, 0.25) is 0 Å². The average Bonchev–Trinajstić information content (AvgIpc) is 2.47. The van der Waals surface area contributed by atoms with Crippen LogP contribution in [0, 0.1) is 0 Å². The predicted octanol–water partition coefficient (Wildman–Crippen LogP) is 1.12. The maximum absolute atomic E-state index is 10.8. The Morgan fingerprint density at radius 2 is 2.54 bits per heavy atom. The molecule has 1 aromatic rings. The predicted molar refractivity (Wildman–Crippen MR) is 43.7 cm³/mol. The molecule has 1 N–H and O–H groups in total. The number of imidazole rings is 1. The van der Waals surface area contributed by atoms with Gasteiger partial charge in [-0.1, -0.05) is 0 Å². The molecule has 66 valence electrons. The molecule has 0 aliphatic carbocycles. The highest BCUT2D eigenvalue weighted by Gasteiger charge is 2.43. The van der Waals surface area contributed by atoms with Gasteiger partial charge in [-0.25, -0.2) is 9.78 Å². The van der Waals surface area contributed by atoms with Crippen molar-refractivity contribution in [2.75, 3.05) is 0 Å². The molecule has 13 heavy (non-hydrogen) atoms. The summed E-state index contributed by atoms with van der Waals surface area (Å²) < 4.78 is 1.88. The van der Waals surface area contributed by atoms with E-state index in [1.54, 1.807) is 12.5 Å². The zero-order valence-corrected chi connectivity index (χ0v) is 6.71. The minimum atomic E-state index is -0.880. The number of hydrogen-bond acceptors (Lipinski definition) is 2. The van der Waals surface area contributed by atoms with E-state index in [1.165, 1.54) is 4.90 Å². The van der Waals surface area contributed by atoms with Gasteiger partial charge in [0, 0.05) is 18.3 Å². The number of carbonyl (C=O) groups is 1. The number of carboxylic acid groups (broad SMARTS) is 1. The Labute approximate surface area is 73.9 Å². The molecule has 2 bridgehead atoms. The molecular formula is C8H7N3O2. The summed E-state index contributed by atoms with van der Waals surface area (Å²) in [5.74, 6) is 0. The molecule has 1 unspecified atom stereocenters. The summed E-state index contributed by atoms with van der Waals surface area (Å²) in [6.45, 7) is 0. The second-order valence-corrected chi connectivity index (χ2v) is 3.22. The molecule has 4 heterocycles. The lowest BCUT2D eigenvalue weighted by molar-refractivity contribution is 0.105. The Kier molecular flexibility index (Phi) is 0.995. The van der Waals surface area contributed by atoms with Gasteiger partial charge >= 0.3 is 6.09 Å². The average molecular weight is 177 g/mol. The third-order valence-corrected chi connectivity index (χ3v) is 2.56. The molecule has 0 spiro atoms. The molecule has 4 rings (SSSR count). The summed E-state index contributed by atoms with van der Waals surface area (Å²) in [6.07, 6.45) is 5.16. The summed E-state index contributed by atoms with van der Waals surface area (Å²) in [6, 6.07) is -0.0139. The topological polar surface area (TPSA) is 58.4 Å². The molecular weight excluding hydrogens is 170 g/mol. The van der Waals surface area contributed by atoms with Crippen molar-refractivity contribution in [2.24, 2.45) is 0 Å². The van der Waals surface area contributed by atoms with Gasteiger partial charge in [-0.2, -0.15) is 0 Å². The highest BCUT2D eigenvalue weighted by atomic mass is 16.4. The summed E-state index contributed by atoms with van der Waals surface area (Å²) in [5.41, 5.74) is 1.81. The van der Waals surface area contributed by atoms with E-state index in [1.807, 2.05) is 10.8 Å². The first-order valence-electron chi connectivity index (χ1n) is 4.02. The molecule has 0 aromatic carbocycles. The Balaban J connectivity index is 2.11. The van der Waals surface area contributed by atoms with E-state index in [4.69, 9.17) is 5.11 Å². The van der Waals surface area contributed by atoms with Crippen molar-refractivity contribution in [3.8, 4) is 0 Å². The zero-order chi connectivity index (χ0) is 9.00. The second-order valence-electron chi connectivity index (χ2n) is 3.22. The van der Waals surface area contributed by atoms with Crippen LogP contribution in [-0.4, -0.2) is 25.7 Å². The lowest BCUT2D eigenvalue weighted by Gasteiger charge is -2.44. The monoisotopic (exact) mass is 177 g/mol. The van der Waals surface area contributed by atoms with Gasteiger partial charge in [-0.15, -0.1) is 0 Å². The van der Waals surface area contributed by atoms with E-state index in [-0.39, 0.29) is 6.04 Å². The Hall–Kier alpha value is -1.78. The van der Waals surface area contributed by atoms with Crippen LogP contribution in [0.4, 0.5) is 4.79 Å². The third-order valence-electron chi connectivity index (χ3n) is 2.56. The number of nitrogens with zero attached hydrogens (tertiary/aromatic N) is 3. The van der Waals surface area contributed by atoms with Crippen LogP contribution in [0.15, 0.2) is 18.2 Å². The highest BCUT2D eigenvalue weighted by Crippen LogP contribution is 2.45. The minimum absolute atomic E-state index is 0.0139. The van der Waals surface area contributed by atoms with Crippen LogP contribution in [0.1, 0.15) is 18.2 Å². The van der Waals surface area contributed by atoms with Crippen molar-refractivity contribution in [3.05, 3.63) is 23.9 Å². The first-order valence-corrected chi connectivity index (χ1v) is 4.02. The van der Waals surface area contributed by atoms with Gasteiger partial charge in [0.05, 0.1) is 24.3 Å². The zero-order valence-electron chi connectivity index (χ0n) is 6.71. The van der Waals surface area contributed by atoms with E-state index < -0.39 is 6.09 Å². The lowest BCUT2D eigenvalue weighted by Crippen LogP contribution is -2.45. The number of aromatic nitrogens is 2. The summed E-state index contributed by atoms with van der Waals surface area (Å²) in [5, 5.41) is 8.86. The van der Waals surface area contributed by atoms with Crippen molar-refractivity contribution in [1.82, 2.24) is 14.5 Å². The maximum atomic E-state index is 10.8. The SMILES string of the molecule is O=C(O)N1C2=Cn3cncc3C1C2. The van der Waals surface area contributed by atoms with Gasteiger partial charge in [0.25, 0.3) is 0 Å². The molecule has 3 aliphatic rings. The normalized spacial score (nSPS) is 23.2. The lowest BCUT2D eigenvalue weighted by atomic mass is 9.94. The van der Waals surface area contributed by atoms with Gasteiger partial charge in [0.1, 0.15) is 0 Å². The van der Waals surface area contributed by atoms with Crippen LogP contribution in [0.25, 0.3) is 6.20 Å². The number of amides is 1. The second kappa shape index (κ2) is 1.93. The highest BCUT2D eigenvalue weighted by molar-refractivity contribution is 5.73. The Bertz CT molecular complexity index is 421. The van der Waals surface area contributed by atoms with Crippen LogP contribution in [0.2, 0.25) is 0 Å². The van der Waals surface area contributed by atoms with Crippen LogP contribution >= 0.6 is 0 Å². The van der Waals surface area contributed by atoms with Crippen molar-refractivity contribution < 1.29 is 9.90 Å². The van der Waals surface area contributed by atoms with Crippen LogP contribution in [0.3, 0.4) is 0 Å². The fourth-order valence-corrected chi connectivity index (χ4v) is 1.92. The molecule has 5 heteroatoms. The molecule has 1 fully saturated rings. The van der Waals surface area contributed by atoms with Crippen molar-refractivity contribution in [3.63, 3.8) is 0 Å². The van der Waals surface area contributed by atoms with E-state index in [0.29, 0.717) is 0 Å². The Morgan fingerprint density at radius 1 is 1.69 bits per heavy atom. The number of rotatable bonds is 0. The van der Waals surface area contributed by atoms with E-state index in [2.05, 4.69) is 4.98 Å². The quantitative estimate of drug-likeness (QED) is 0.646. The van der Waals surface area contributed by atoms with Crippen LogP contribution < -0.4 is 0 Å². The largest absolute Gasteiger partial charge is 0.465 e. The van der Waals surface area contributed by atoms with E-state index in [9.17, 15) is 4.79 Å². The first kappa shape index (κ1) is 6.71. The maximum Gasteiger partial charge on any atom is 0.412 e. The van der Waals surface area contributed by atoms with E-state index >= 15 is 0 Å². The molecule has 1 amide bonds. The molecule has 3 aliphatic heterocycles. The van der Waals surface area contributed by atoms with Gasteiger partial charge in [0.15, 0.2) is 0 Å². The summed E-state index contributed by atoms with van der Waals surface area (Å²) in [4.78, 5) is 16.1. The standard InChI is InChI=1S/C8H7N3O2/c12-8(13)11-5-1-6(11)7-2-9-4-10(7)3-5/h2-4,6H,1H2,(H,12,13). The van der Waals surface area contributed by atoms with Crippen LogP contribution in [-0.2, 0) is 0 Å². The summed E-state index contributed by atoms with van der Waals surface area (Å²) in [7, 11) is 0. The van der Waals surface area contributed by atoms with Crippen molar-refractivity contribution in [1.29, 1.82) is 0 Å². The molecule has 0 radical (unpaired) electrons. The van der Waals surface area contributed by atoms with Gasteiger partial charge < -0.3 is 9.67 Å². The Morgan fingerprint density at radius 3 is 3.31 bits per heavy atom. The fourth-order valence-electron chi connectivity index (χ4n) is 1.92. The molecule has 1 saturated heterocycles. The minimum Gasteiger partial charge on any atom is -0.465 e. The summed E-state index contributed by atoms with van der Waals surface area (Å²) >= 11 is 0. The van der Waals surface area contributed by atoms with Crippen molar-refractivity contribution in [2.45, 2.75) is 12.5 Å². The molecule has 1 aromatic heterocycles. The third kappa shape index (κ3) is 0.665.